The standard InChI is InChI=1S/C14H17ClN2O3S/c1-18-11-7-20-12-10(6-19-13(11)12)17-14(21)16-9-4-2-8(15)3-5-9/h2-5,10-13H,6-7H2,1H3,(H2,16,17,21)/t10-,11-,12-,13+/m0/s1. The van der Waals surface area contributed by atoms with Crippen molar-refractivity contribution in [3.8, 4) is 0 Å². The number of hydrogen-bond acceptors (Lipinski definition) is 4. The SMILES string of the molecule is CO[C@H]1CO[C@@H]2[C@@H]1OC[C@@H]2NC(=S)Nc1ccc(Cl)cc1. The number of hydrogen-bond donors (Lipinski definition) is 2. The summed E-state index contributed by atoms with van der Waals surface area (Å²) in [6.45, 7) is 1.11. The van der Waals surface area contributed by atoms with Crippen LogP contribution in [0, 0.1) is 0 Å². The molecule has 2 aliphatic rings. The van der Waals surface area contributed by atoms with Crippen LogP contribution in [0.2, 0.25) is 5.02 Å². The number of ether oxygens (including phenoxy) is 3. The van der Waals surface area contributed by atoms with E-state index in [4.69, 9.17) is 38.0 Å². The van der Waals surface area contributed by atoms with Crippen molar-refractivity contribution >= 4 is 34.6 Å². The number of rotatable bonds is 3. The second-order valence-corrected chi connectivity index (χ2v) is 5.93. The van der Waals surface area contributed by atoms with Crippen LogP contribution in [0.3, 0.4) is 0 Å². The van der Waals surface area contributed by atoms with E-state index >= 15 is 0 Å². The Hall–Kier alpha value is -0.920. The molecule has 0 saturated carbocycles. The lowest BCUT2D eigenvalue weighted by molar-refractivity contribution is -0.00798. The van der Waals surface area contributed by atoms with E-state index in [9.17, 15) is 0 Å². The predicted octanol–water partition coefficient (Wildman–Crippen LogP) is 1.81. The average molecular weight is 329 g/mol. The minimum Gasteiger partial charge on any atom is -0.376 e. The molecule has 1 aromatic carbocycles. The third-order valence-corrected chi connectivity index (χ3v) is 4.20. The van der Waals surface area contributed by atoms with Crippen LogP contribution < -0.4 is 10.6 Å². The molecular formula is C14H17ClN2O3S. The Labute approximate surface area is 133 Å². The minimum absolute atomic E-state index is 0.000374. The first kappa shape index (κ1) is 15.0. The van der Waals surface area contributed by atoms with Crippen LogP contribution in [0.4, 0.5) is 5.69 Å². The van der Waals surface area contributed by atoms with E-state index in [1.807, 2.05) is 24.3 Å². The lowest BCUT2D eigenvalue weighted by atomic mass is 10.1. The summed E-state index contributed by atoms with van der Waals surface area (Å²) in [5.74, 6) is 0. The van der Waals surface area contributed by atoms with E-state index < -0.39 is 0 Å². The molecule has 0 unspecified atom stereocenters. The molecule has 0 aromatic heterocycles. The van der Waals surface area contributed by atoms with Gasteiger partial charge in [0.05, 0.1) is 19.3 Å². The monoisotopic (exact) mass is 328 g/mol. The third-order valence-electron chi connectivity index (χ3n) is 3.73. The zero-order chi connectivity index (χ0) is 14.8. The molecule has 2 fully saturated rings. The summed E-state index contributed by atoms with van der Waals surface area (Å²) < 4.78 is 16.8. The maximum atomic E-state index is 5.85. The van der Waals surface area contributed by atoms with Crippen LogP contribution in [-0.4, -0.2) is 49.8 Å². The summed E-state index contributed by atoms with van der Waals surface area (Å²) in [4.78, 5) is 0. The number of fused-ring (bicyclic) bond motifs is 1. The van der Waals surface area contributed by atoms with Gasteiger partial charge in [0.1, 0.15) is 18.3 Å². The third kappa shape index (κ3) is 3.30. The molecule has 2 heterocycles. The topological polar surface area (TPSA) is 51.8 Å². The Morgan fingerprint density at radius 2 is 1.95 bits per heavy atom. The maximum absolute atomic E-state index is 5.85. The molecule has 2 aliphatic heterocycles. The molecule has 0 aliphatic carbocycles. The molecule has 7 heteroatoms. The van der Waals surface area contributed by atoms with Gasteiger partial charge in [-0.2, -0.15) is 0 Å². The normalized spacial score (nSPS) is 31.0. The van der Waals surface area contributed by atoms with Gasteiger partial charge in [-0.25, -0.2) is 0 Å². The van der Waals surface area contributed by atoms with Crippen LogP contribution >= 0.6 is 23.8 Å². The van der Waals surface area contributed by atoms with Crippen molar-refractivity contribution in [1.82, 2.24) is 5.32 Å². The van der Waals surface area contributed by atoms with Crippen LogP contribution in [-0.2, 0) is 14.2 Å². The van der Waals surface area contributed by atoms with Crippen LogP contribution in [0.25, 0.3) is 0 Å². The molecule has 2 saturated heterocycles. The molecule has 2 N–H and O–H groups in total. The molecule has 1 aromatic rings. The van der Waals surface area contributed by atoms with Gasteiger partial charge >= 0.3 is 0 Å². The summed E-state index contributed by atoms with van der Waals surface area (Å²) in [6, 6.07) is 7.39. The van der Waals surface area contributed by atoms with Gasteiger partial charge in [-0.3, -0.25) is 0 Å². The summed E-state index contributed by atoms with van der Waals surface area (Å²) in [5.41, 5.74) is 0.884. The minimum atomic E-state index is -0.0279. The molecule has 0 amide bonds. The molecule has 0 spiro atoms. The highest BCUT2D eigenvalue weighted by atomic mass is 35.5. The fourth-order valence-electron chi connectivity index (χ4n) is 2.66. The van der Waals surface area contributed by atoms with Gasteiger partial charge in [-0.1, -0.05) is 11.6 Å². The smallest absolute Gasteiger partial charge is 0.171 e. The molecule has 0 bridgehead atoms. The number of halogens is 1. The highest BCUT2D eigenvalue weighted by molar-refractivity contribution is 7.80. The molecular weight excluding hydrogens is 312 g/mol. The molecule has 5 nitrogen and oxygen atoms in total. The average Bonchev–Trinajstić information content (AvgIpc) is 3.04. The number of benzene rings is 1. The fraction of sp³-hybridized carbons (Fsp3) is 0.500. The van der Waals surface area contributed by atoms with Gasteiger partial charge in [-0.15, -0.1) is 0 Å². The van der Waals surface area contributed by atoms with E-state index in [0.717, 1.165) is 5.69 Å². The predicted molar refractivity (Wildman–Crippen MR) is 84.9 cm³/mol. The van der Waals surface area contributed by atoms with Crippen molar-refractivity contribution in [3.05, 3.63) is 29.3 Å². The molecule has 114 valence electrons. The first-order valence-electron chi connectivity index (χ1n) is 6.76. The number of nitrogens with one attached hydrogen (secondary N) is 2. The van der Waals surface area contributed by atoms with Crippen molar-refractivity contribution in [2.24, 2.45) is 0 Å². The Bertz CT molecular complexity index is 513. The van der Waals surface area contributed by atoms with Gasteiger partial charge in [0, 0.05) is 17.8 Å². The second-order valence-electron chi connectivity index (χ2n) is 5.08. The Morgan fingerprint density at radius 1 is 1.24 bits per heavy atom. The number of methoxy groups -OCH3 is 1. The fourth-order valence-corrected chi connectivity index (χ4v) is 3.05. The highest BCUT2D eigenvalue weighted by Crippen LogP contribution is 2.28. The largest absolute Gasteiger partial charge is 0.376 e. The first-order chi connectivity index (χ1) is 10.2. The van der Waals surface area contributed by atoms with Gasteiger partial charge < -0.3 is 24.8 Å². The Balaban J connectivity index is 1.55. The van der Waals surface area contributed by atoms with Gasteiger partial charge in [-0.05, 0) is 36.5 Å². The molecule has 21 heavy (non-hydrogen) atoms. The van der Waals surface area contributed by atoms with Crippen LogP contribution in [0.1, 0.15) is 0 Å². The second kappa shape index (κ2) is 6.46. The van der Waals surface area contributed by atoms with Crippen molar-refractivity contribution < 1.29 is 14.2 Å². The van der Waals surface area contributed by atoms with Gasteiger partial charge in [0.25, 0.3) is 0 Å². The van der Waals surface area contributed by atoms with Crippen LogP contribution in [0.15, 0.2) is 24.3 Å². The Morgan fingerprint density at radius 3 is 2.67 bits per heavy atom. The lowest BCUT2D eigenvalue weighted by Gasteiger charge is -2.19. The summed E-state index contributed by atoms with van der Waals surface area (Å²) in [5, 5.41) is 7.59. The van der Waals surface area contributed by atoms with E-state index in [1.165, 1.54) is 0 Å². The van der Waals surface area contributed by atoms with Gasteiger partial charge in [0.15, 0.2) is 5.11 Å². The highest BCUT2D eigenvalue weighted by Gasteiger charge is 2.48. The van der Waals surface area contributed by atoms with E-state index in [2.05, 4.69) is 10.6 Å². The van der Waals surface area contributed by atoms with E-state index in [1.54, 1.807) is 7.11 Å². The van der Waals surface area contributed by atoms with Crippen molar-refractivity contribution in [2.75, 3.05) is 25.6 Å². The van der Waals surface area contributed by atoms with Crippen molar-refractivity contribution in [3.63, 3.8) is 0 Å². The zero-order valence-corrected chi connectivity index (χ0v) is 13.1. The summed E-state index contributed by atoms with van der Waals surface area (Å²) >= 11 is 11.2. The van der Waals surface area contributed by atoms with Gasteiger partial charge in [0.2, 0.25) is 0 Å². The number of thiocarbonyl (C=S) groups is 1. The lowest BCUT2D eigenvalue weighted by Crippen LogP contribution is -2.45. The molecule has 0 radical (unpaired) electrons. The zero-order valence-electron chi connectivity index (χ0n) is 11.5. The van der Waals surface area contributed by atoms with Crippen molar-refractivity contribution in [2.45, 2.75) is 24.4 Å². The number of anilines is 1. The first-order valence-corrected chi connectivity index (χ1v) is 7.55. The van der Waals surface area contributed by atoms with E-state index in [-0.39, 0.29) is 24.4 Å². The summed E-state index contributed by atoms with van der Waals surface area (Å²) in [6.07, 6.45) is -0.0506. The maximum Gasteiger partial charge on any atom is 0.171 e. The van der Waals surface area contributed by atoms with Crippen LogP contribution in [0.5, 0.6) is 0 Å². The quantitative estimate of drug-likeness (QED) is 0.825. The van der Waals surface area contributed by atoms with Crippen molar-refractivity contribution in [1.29, 1.82) is 0 Å². The molecule has 4 atom stereocenters. The van der Waals surface area contributed by atoms with E-state index in [0.29, 0.717) is 23.3 Å². The summed E-state index contributed by atoms with van der Waals surface area (Å²) in [7, 11) is 1.67. The molecule has 3 rings (SSSR count). The Kier molecular flexibility index (Phi) is 4.61.